The minimum atomic E-state index is -3.74. The fourth-order valence-corrected chi connectivity index (χ4v) is 5.12. The van der Waals surface area contributed by atoms with E-state index in [1.54, 1.807) is 17.0 Å². The Balaban J connectivity index is 1.46. The minimum absolute atomic E-state index is 0.107. The number of nitrogens with zero attached hydrogens (tertiary/aromatic N) is 1. The second kappa shape index (κ2) is 7.83. The number of fused-ring (bicyclic) bond motifs is 1. The SMILES string of the molecule is C[C@H](CC(=O)Nc1cccc(F)c1)S(=O)(=O)c1ccc2c(c1)CCN2C(=O)C1CC1. The fraction of sp³-hybridized carbons (Fsp3) is 0.364. The molecule has 0 spiro atoms. The van der Waals surface area contributed by atoms with Crippen molar-refractivity contribution in [1.29, 1.82) is 0 Å². The van der Waals surface area contributed by atoms with Gasteiger partial charge in [0, 0.05) is 30.3 Å². The van der Waals surface area contributed by atoms with E-state index >= 15 is 0 Å². The molecule has 0 aromatic heterocycles. The Kier molecular flexibility index (Phi) is 5.36. The lowest BCUT2D eigenvalue weighted by Crippen LogP contribution is -2.30. The van der Waals surface area contributed by atoms with Gasteiger partial charge in [-0.1, -0.05) is 6.07 Å². The number of hydrogen-bond acceptors (Lipinski definition) is 4. The number of carbonyl (C=O) groups is 2. The molecule has 6 nitrogen and oxygen atoms in total. The normalized spacial score (nSPS) is 16.8. The first-order chi connectivity index (χ1) is 14.3. The van der Waals surface area contributed by atoms with Gasteiger partial charge in [-0.05, 0) is 68.1 Å². The molecule has 30 heavy (non-hydrogen) atoms. The van der Waals surface area contributed by atoms with E-state index in [1.807, 2.05) is 0 Å². The molecule has 1 N–H and O–H groups in total. The Bertz CT molecular complexity index is 1110. The topological polar surface area (TPSA) is 83.6 Å². The van der Waals surface area contributed by atoms with Crippen LogP contribution in [-0.4, -0.2) is 32.0 Å². The second-order valence-corrected chi connectivity index (χ2v) is 10.3. The Morgan fingerprint density at radius 1 is 1.20 bits per heavy atom. The van der Waals surface area contributed by atoms with Crippen LogP contribution in [0.5, 0.6) is 0 Å². The van der Waals surface area contributed by atoms with E-state index in [4.69, 9.17) is 0 Å². The van der Waals surface area contributed by atoms with Gasteiger partial charge in [-0.25, -0.2) is 12.8 Å². The van der Waals surface area contributed by atoms with E-state index in [2.05, 4.69) is 5.32 Å². The zero-order valence-electron chi connectivity index (χ0n) is 16.6. The second-order valence-electron chi connectivity index (χ2n) is 7.92. The van der Waals surface area contributed by atoms with E-state index in [0.717, 1.165) is 24.1 Å². The standard InChI is InChI=1S/C22H23FN2O4S/c1-14(11-21(26)24-18-4-2-3-17(23)13-18)30(28,29)19-7-8-20-16(12-19)9-10-25(20)22(27)15-5-6-15/h2-4,7-8,12-15H,5-6,9-11H2,1H3,(H,24,26)/t14-/m1/s1. The number of rotatable bonds is 6. The lowest BCUT2D eigenvalue weighted by Gasteiger charge is -2.18. The summed E-state index contributed by atoms with van der Waals surface area (Å²) in [7, 11) is -3.74. The number of nitrogens with one attached hydrogen (secondary N) is 1. The summed E-state index contributed by atoms with van der Waals surface area (Å²) in [5, 5.41) is 1.58. The van der Waals surface area contributed by atoms with Gasteiger partial charge in [-0.3, -0.25) is 9.59 Å². The van der Waals surface area contributed by atoms with Gasteiger partial charge in [-0.2, -0.15) is 0 Å². The van der Waals surface area contributed by atoms with Crippen molar-refractivity contribution in [3.05, 3.63) is 53.8 Å². The first-order valence-electron chi connectivity index (χ1n) is 9.99. The molecule has 0 saturated heterocycles. The van der Waals surface area contributed by atoms with Gasteiger partial charge in [0.25, 0.3) is 0 Å². The van der Waals surface area contributed by atoms with Crippen LogP contribution in [0.1, 0.15) is 31.7 Å². The third-order valence-electron chi connectivity index (χ3n) is 5.58. The van der Waals surface area contributed by atoms with Crippen molar-refractivity contribution in [2.75, 3.05) is 16.8 Å². The number of amides is 2. The molecule has 4 rings (SSSR count). The van der Waals surface area contributed by atoms with Crippen molar-refractivity contribution in [3.8, 4) is 0 Å². The molecule has 0 bridgehead atoms. The summed E-state index contributed by atoms with van der Waals surface area (Å²) in [5.74, 6) is -0.761. The van der Waals surface area contributed by atoms with Gasteiger partial charge in [0.1, 0.15) is 5.82 Å². The summed E-state index contributed by atoms with van der Waals surface area (Å²) in [6.07, 6.45) is 2.21. The van der Waals surface area contributed by atoms with Gasteiger partial charge < -0.3 is 10.2 Å². The summed E-state index contributed by atoms with van der Waals surface area (Å²) in [6, 6.07) is 10.2. The van der Waals surface area contributed by atoms with E-state index in [1.165, 1.54) is 37.3 Å². The highest BCUT2D eigenvalue weighted by atomic mass is 32.2. The predicted octanol–water partition coefficient (Wildman–Crippen LogP) is 3.32. The summed E-state index contributed by atoms with van der Waals surface area (Å²) in [6.45, 7) is 2.05. The van der Waals surface area contributed by atoms with Crippen molar-refractivity contribution >= 4 is 33.0 Å². The quantitative estimate of drug-likeness (QED) is 0.762. The van der Waals surface area contributed by atoms with Crippen LogP contribution >= 0.6 is 0 Å². The number of halogens is 1. The van der Waals surface area contributed by atoms with Gasteiger partial charge >= 0.3 is 0 Å². The molecule has 0 unspecified atom stereocenters. The molecule has 1 saturated carbocycles. The number of benzene rings is 2. The molecule has 2 amide bonds. The first-order valence-corrected chi connectivity index (χ1v) is 11.5. The highest BCUT2D eigenvalue weighted by Gasteiger charge is 2.37. The Hall–Kier alpha value is -2.74. The predicted molar refractivity (Wildman–Crippen MR) is 112 cm³/mol. The van der Waals surface area contributed by atoms with E-state index in [9.17, 15) is 22.4 Å². The van der Waals surface area contributed by atoms with Crippen LogP contribution in [0, 0.1) is 11.7 Å². The molecule has 8 heteroatoms. The van der Waals surface area contributed by atoms with Crippen LogP contribution in [0.15, 0.2) is 47.4 Å². The lowest BCUT2D eigenvalue weighted by molar-refractivity contribution is -0.119. The maximum Gasteiger partial charge on any atom is 0.230 e. The molecule has 1 fully saturated rings. The van der Waals surface area contributed by atoms with Crippen molar-refractivity contribution in [2.24, 2.45) is 5.92 Å². The first kappa shape index (κ1) is 20.5. The highest BCUT2D eigenvalue weighted by Crippen LogP contribution is 2.37. The van der Waals surface area contributed by atoms with Crippen LogP contribution in [0.4, 0.5) is 15.8 Å². The third kappa shape index (κ3) is 4.09. The van der Waals surface area contributed by atoms with Crippen LogP contribution in [0.25, 0.3) is 0 Å². The zero-order valence-corrected chi connectivity index (χ0v) is 17.4. The van der Waals surface area contributed by atoms with Crippen molar-refractivity contribution in [1.82, 2.24) is 0 Å². The number of hydrogen-bond donors (Lipinski definition) is 1. The Labute approximate surface area is 175 Å². The molecule has 0 radical (unpaired) electrons. The molecule has 2 aliphatic rings. The molecular formula is C22H23FN2O4S. The summed E-state index contributed by atoms with van der Waals surface area (Å²) in [4.78, 5) is 26.5. The molecule has 158 valence electrons. The molecular weight excluding hydrogens is 407 g/mol. The molecule has 1 aliphatic heterocycles. The molecule has 2 aromatic carbocycles. The highest BCUT2D eigenvalue weighted by molar-refractivity contribution is 7.92. The van der Waals surface area contributed by atoms with E-state index in [-0.39, 0.29) is 28.8 Å². The van der Waals surface area contributed by atoms with E-state index < -0.39 is 26.8 Å². The number of sulfone groups is 1. The maximum absolute atomic E-state index is 13.3. The molecule has 1 heterocycles. The van der Waals surface area contributed by atoms with Crippen LogP contribution in [-0.2, 0) is 25.8 Å². The van der Waals surface area contributed by atoms with E-state index in [0.29, 0.717) is 13.0 Å². The van der Waals surface area contributed by atoms with Crippen molar-refractivity contribution < 1.29 is 22.4 Å². The Morgan fingerprint density at radius 2 is 1.97 bits per heavy atom. The van der Waals surface area contributed by atoms with Crippen LogP contribution in [0.2, 0.25) is 0 Å². The van der Waals surface area contributed by atoms with Crippen molar-refractivity contribution in [2.45, 2.75) is 42.8 Å². The lowest BCUT2D eigenvalue weighted by atomic mass is 10.2. The Morgan fingerprint density at radius 3 is 2.67 bits per heavy atom. The summed E-state index contributed by atoms with van der Waals surface area (Å²) in [5.41, 5.74) is 1.89. The summed E-state index contributed by atoms with van der Waals surface area (Å²) >= 11 is 0. The molecule has 1 aliphatic carbocycles. The van der Waals surface area contributed by atoms with Crippen LogP contribution < -0.4 is 10.2 Å². The van der Waals surface area contributed by atoms with Gasteiger partial charge in [0.05, 0.1) is 10.1 Å². The largest absolute Gasteiger partial charge is 0.326 e. The summed E-state index contributed by atoms with van der Waals surface area (Å²) < 4.78 is 39.2. The average molecular weight is 431 g/mol. The molecule has 1 atom stereocenters. The number of carbonyl (C=O) groups excluding carboxylic acids is 2. The molecule has 2 aromatic rings. The van der Waals surface area contributed by atoms with Crippen LogP contribution in [0.3, 0.4) is 0 Å². The monoisotopic (exact) mass is 430 g/mol. The minimum Gasteiger partial charge on any atom is -0.326 e. The van der Waals surface area contributed by atoms with Gasteiger partial charge in [0.15, 0.2) is 9.84 Å². The fourth-order valence-electron chi connectivity index (χ4n) is 3.72. The third-order valence-corrected chi connectivity index (χ3v) is 7.72. The smallest absolute Gasteiger partial charge is 0.230 e. The zero-order chi connectivity index (χ0) is 21.5. The van der Waals surface area contributed by atoms with Gasteiger partial charge in [-0.15, -0.1) is 0 Å². The van der Waals surface area contributed by atoms with Gasteiger partial charge in [0.2, 0.25) is 11.8 Å². The van der Waals surface area contributed by atoms with Crippen molar-refractivity contribution in [3.63, 3.8) is 0 Å². The maximum atomic E-state index is 13.3. The number of anilines is 2. The average Bonchev–Trinajstić information content (AvgIpc) is 3.46.